The lowest BCUT2D eigenvalue weighted by atomic mass is 10.2. The van der Waals surface area contributed by atoms with E-state index in [1.54, 1.807) is 11.4 Å². The van der Waals surface area contributed by atoms with Gasteiger partial charge in [-0.05, 0) is 24.1 Å². The fraction of sp³-hybridized carbons (Fsp3) is 0.231. The third-order valence-corrected chi connectivity index (χ3v) is 3.92. The number of hydrogen-bond donors (Lipinski definition) is 0. The highest BCUT2D eigenvalue weighted by Gasteiger charge is 2.24. The Hall–Kier alpha value is -1.95. The molecule has 0 spiro atoms. The van der Waals surface area contributed by atoms with Crippen molar-refractivity contribution >= 4 is 28.1 Å². The van der Waals surface area contributed by atoms with Gasteiger partial charge in [-0.3, -0.25) is 0 Å². The second-order valence-corrected chi connectivity index (χ2v) is 5.02. The van der Waals surface area contributed by atoms with Crippen LogP contribution in [0.15, 0.2) is 23.6 Å². The van der Waals surface area contributed by atoms with E-state index in [4.69, 9.17) is 0 Å². The quantitative estimate of drug-likeness (QED) is 0.792. The maximum Gasteiger partial charge on any atom is 0.357 e. The first-order valence-corrected chi connectivity index (χ1v) is 6.67. The Morgan fingerprint density at radius 2 is 2.37 bits per heavy atom. The maximum absolute atomic E-state index is 13.3. The summed E-state index contributed by atoms with van der Waals surface area (Å²) in [5.74, 6) is -0.725. The van der Waals surface area contributed by atoms with Crippen molar-refractivity contribution < 1.29 is 13.9 Å². The molecule has 0 radical (unpaired) electrons. The van der Waals surface area contributed by atoms with E-state index in [0.717, 1.165) is 24.2 Å². The molecule has 0 aliphatic carbocycles. The number of esters is 1. The van der Waals surface area contributed by atoms with E-state index in [1.807, 2.05) is 4.90 Å². The van der Waals surface area contributed by atoms with E-state index in [1.165, 1.54) is 30.6 Å². The average Bonchev–Trinajstić information content (AvgIpc) is 3.03. The highest BCUT2D eigenvalue weighted by atomic mass is 32.1. The SMILES string of the molecule is COC(=O)c1csc(N2CCc3ccc(F)cc32)n1. The Kier molecular flexibility index (Phi) is 2.94. The van der Waals surface area contributed by atoms with Gasteiger partial charge in [0.05, 0.1) is 7.11 Å². The van der Waals surface area contributed by atoms with Gasteiger partial charge < -0.3 is 9.64 Å². The molecule has 3 rings (SSSR count). The first-order chi connectivity index (χ1) is 9.19. The summed E-state index contributed by atoms with van der Waals surface area (Å²) < 4.78 is 17.9. The number of thiazole rings is 1. The van der Waals surface area contributed by atoms with E-state index < -0.39 is 5.97 Å². The van der Waals surface area contributed by atoms with Crippen molar-refractivity contribution in [3.05, 3.63) is 40.7 Å². The van der Waals surface area contributed by atoms with Gasteiger partial charge in [0.15, 0.2) is 10.8 Å². The monoisotopic (exact) mass is 278 g/mol. The largest absolute Gasteiger partial charge is 0.464 e. The van der Waals surface area contributed by atoms with Crippen LogP contribution >= 0.6 is 11.3 Å². The zero-order chi connectivity index (χ0) is 13.4. The number of carbonyl (C=O) groups is 1. The lowest BCUT2D eigenvalue weighted by Crippen LogP contribution is -2.13. The summed E-state index contributed by atoms with van der Waals surface area (Å²) in [6.07, 6.45) is 0.850. The Bertz CT molecular complexity index is 641. The molecule has 0 saturated heterocycles. The Morgan fingerprint density at radius 1 is 1.53 bits per heavy atom. The number of methoxy groups -OCH3 is 1. The summed E-state index contributed by atoms with van der Waals surface area (Å²) in [5, 5.41) is 2.34. The van der Waals surface area contributed by atoms with Gasteiger partial charge in [0.1, 0.15) is 5.82 Å². The average molecular weight is 278 g/mol. The third-order valence-electron chi connectivity index (χ3n) is 3.06. The van der Waals surface area contributed by atoms with Gasteiger partial charge in [0, 0.05) is 17.6 Å². The first-order valence-electron chi connectivity index (χ1n) is 5.79. The van der Waals surface area contributed by atoms with Crippen LogP contribution in [0.4, 0.5) is 15.2 Å². The van der Waals surface area contributed by atoms with Gasteiger partial charge in [-0.15, -0.1) is 11.3 Å². The smallest absolute Gasteiger partial charge is 0.357 e. The van der Waals surface area contributed by atoms with Crippen molar-refractivity contribution in [2.24, 2.45) is 0 Å². The van der Waals surface area contributed by atoms with Crippen LogP contribution in [0.1, 0.15) is 16.1 Å². The summed E-state index contributed by atoms with van der Waals surface area (Å²) in [5.41, 5.74) is 2.20. The van der Waals surface area contributed by atoms with Gasteiger partial charge >= 0.3 is 5.97 Å². The summed E-state index contributed by atoms with van der Waals surface area (Å²) in [4.78, 5) is 17.5. The molecule has 1 aliphatic rings. The number of nitrogens with zero attached hydrogens (tertiary/aromatic N) is 2. The number of anilines is 2. The first kappa shape index (κ1) is 12.1. The molecule has 1 aliphatic heterocycles. The second kappa shape index (κ2) is 4.62. The lowest BCUT2D eigenvalue weighted by molar-refractivity contribution is 0.0595. The molecule has 0 fully saturated rings. The number of carbonyl (C=O) groups excluding carboxylic acids is 1. The highest BCUT2D eigenvalue weighted by Crippen LogP contribution is 2.36. The third kappa shape index (κ3) is 2.08. The molecule has 1 aromatic carbocycles. The van der Waals surface area contributed by atoms with Crippen LogP contribution in [0.5, 0.6) is 0 Å². The van der Waals surface area contributed by atoms with Crippen molar-refractivity contribution in [1.29, 1.82) is 0 Å². The van der Waals surface area contributed by atoms with Gasteiger partial charge in [0.2, 0.25) is 0 Å². The van der Waals surface area contributed by atoms with Gasteiger partial charge in [0.25, 0.3) is 0 Å². The molecule has 0 bridgehead atoms. The van der Waals surface area contributed by atoms with Gasteiger partial charge in [-0.2, -0.15) is 0 Å². The van der Waals surface area contributed by atoms with Gasteiger partial charge in [-0.1, -0.05) is 6.07 Å². The molecule has 0 amide bonds. The van der Waals surface area contributed by atoms with Crippen LogP contribution in [0.3, 0.4) is 0 Å². The lowest BCUT2D eigenvalue weighted by Gasteiger charge is -2.15. The number of benzene rings is 1. The molecule has 2 aromatic rings. The molecule has 4 nitrogen and oxygen atoms in total. The van der Waals surface area contributed by atoms with Crippen molar-refractivity contribution in [1.82, 2.24) is 4.98 Å². The van der Waals surface area contributed by atoms with E-state index in [-0.39, 0.29) is 11.5 Å². The topological polar surface area (TPSA) is 42.4 Å². The van der Waals surface area contributed by atoms with E-state index in [9.17, 15) is 9.18 Å². The van der Waals surface area contributed by atoms with Crippen LogP contribution in [-0.4, -0.2) is 24.6 Å². The minimum Gasteiger partial charge on any atom is -0.464 e. The van der Waals surface area contributed by atoms with Crippen LogP contribution in [0, 0.1) is 5.82 Å². The predicted octanol–water partition coefficient (Wildman–Crippen LogP) is 2.76. The summed E-state index contributed by atoms with van der Waals surface area (Å²) in [6, 6.07) is 4.76. The molecule has 0 saturated carbocycles. The van der Waals surface area contributed by atoms with Crippen molar-refractivity contribution in [2.75, 3.05) is 18.6 Å². The van der Waals surface area contributed by atoms with Crippen LogP contribution in [0.25, 0.3) is 0 Å². The second-order valence-electron chi connectivity index (χ2n) is 4.18. The normalized spacial score (nSPS) is 13.5. The van der Waals surface area contributed by atoms with Crippen molar-refractivity contribution in [3.8, 4) is 0 Å². The molecule has 0 atom stereocenters. The minimum absolute atomic E-state index is 0.268. The molecule has 0 unspecified atom stereocenters. The molecule has 1 aromatic heterocycles. The van der Waals surface area contributed by atoms with E-state index in [0.29, 0.717) is 5.13 Å². The zero-order valence-corrected chi connectivity index (χ0v) is 11.0. The van der Waals surface area contributed by atoms with E-state index in [2.05, 4.69) is 9.72 Å². The van der Waals surface area contributed by atoms with Crippen LogP contribution < -0.4 is 4.90 Å². The van der Waals surface area contributed by atoms with Crippen molar-refractivity contribution in [3.63, 3.8) is 0 Å². The number of ether oxygens (including phenoxy) is 1. The molecule has 2 heterocycles. The predicted molar refractivity (Wildman–Crippen MR) is 70.6 cm³/mol. The van der Waals surface area contributed by atoms with E-state index >= 15 is 0 Å². The molecule has 6 heteroatoms. The number of hydrogen-bond acceptors (Lipinski definition) is 5. The van der Waals surface area contributed by atoms with Crippen LogP contribution in [-0.2, 0) is 11.2 Å². The number of fused-ring (bicyclic) bond motifs is 1. The number of rotatable bonds is 2. The standard InChI is InChI=1S/C13H11FN2O2S/c1-18-12(17)10-7-19-13(15-10)16-5-4-8-2-3-9(14)6-11(8)16/h2-3,6-7H,4-5H2,1H3. The number of halogens is 1. The molecule has 0 N–H and O–H groups in total. The van der Waals surface area contributed by atoms with Gasteiger partial charge in [-0.25, -0.2) is 14.2 Å². The number of aromatic nitrogens is 1. The Morgan fingerprint density at radius 3 is 3.16 bits per heavy atom. The molecule has 19 heavy (non-hydrogen) atoms. The molecular weight excluding hydrogens is 267 g/mol. The summed E-state index contributed by atoms with van der Waals surface area (Å²) in [6.45, 7) is 0.743. The molecule has 98 valence electrons. The maximum atomic E-state index is 13.3. The summed E-state index contributed by atoms with van der Waals surface area (Å²) >= 11 is 1.35. The molecular formula is C13H11FN2O2S. The Labute approximate surface area is 113 Å². The zero-order valence-electron chi connectivity index (χ0n) is 10.2. The summed E-state index contributed by atoms with van der Waals surface area (Å²) in [7, 11) is 1.32. The fourth-order valence-corrected chi connectivity index (χ4v) is 2.97. The fourth-order valence-electron chi connectivity index (χ4n) is 2.14. The van der Waals surface area contributed by atoms with Crippen molar-refractivity contribution in [2.45, 2.75) is 6.42 Å². The highest BCUT2D eigenvalue weighted by molar-refractivity contribution is 7.14. The minimum atomic E-state index is -0.457. The van der Waals surface area contributed by atoms with Crippen LogP contribution in [0.2, 0.25) is 0 Å². The Balaban J connectivity index is 1.95.